The maximum Gasteiger partial charge on any atom is 0.149 e. The number of benzene rings is 1. The van der Waals surface area contributed by atoms with Gasteiger partial charge in [-0.1, -0.05) is 6.07 Å². The second-order valence-electron chi connectivity index (χ2n) is 4.33. The Hall–Kier alpha value is -1.84. The van der Waals surface area contributed by atoms with Crippen LogP contribution in [0.3, 0.4) is 0 Å². The van der Waals surface area contributed by atoms with Gasteiger partial charge in [0, 0.05) is 5.56 Å². The lowest BCUT2D eigenvalue weighted by molar-refractivity contribution is 0.499. The highest BCUT2D eigenvalue weighted by Gasteiger charge is 2.16. The third kappa shape index (κ3) is 2.37. The van der Waals surface area contributed by atoms with Crippen LogP contribution in [0.25, 0.3) is 0 Å². The molecule has 0 spiro atoms. The van der Waals surface area contributed by atoms with Gasteiger partial charge < -0.3 is 9.73 Å². The molecule has 0 bridgehead atoms. The average Bonchev–Trinajstić information content (AvgIpc) is 2.63. The Bertz CT molecular complexity index is 543. The highest BCUT2D eigenvalue weighted by molar-refractivity contribution is 5.48. The molecule has 0 aliphatic carbocycles. The minimum atomic E-state index is -0.597. The Kier molecular flexibility index (Phi) is 3.36. The van der Waals surface area contributed by atoms with Crippen LogP contribution in [0.5, 0.6) is 0 Å². The Morgan fingerprint density at radius 2 is 1.78 bits per heavy atom. The fourth-order valence-corrected chi connectivity index (χ4v) is 2.01. The zero-order valence-corrected chi connectivity index (χ0v) is 10.6. The minimum absolute atomic E-state index is 0.108. The van der Waals surface area contributed by atoms with Crippen molar-refractivity contribution in [2.75, 3.05) is 5.32 Å². The quantitative estimate of drug-likeness (QED) is 0.877. The van der Waals surface area contributed by atoms with Crippen molar-refractivity contribution in [1.29, 1.82) is 0 Å². The fraction of sp³-hybridized carbons (Fsp3) is 0.286. The molecule has 0 fully saturated rings. The fourth-order valence-electron chi connectivity index (χ4n) is 2.01. The summed E-state index contributed by atoms with van der Waals surface area (Å²) in [6, 6.07) is 5.44. The molecular weight excluding hydrogens is 236 g/mol. The number of hydrogen-bond acceptors (Lipinski definition) is 2. The summed E-state index contributed by atoms with van der Waals surface area (Å²) in [6.45, 7) is 5.51. The van der Waals surface area contributed by atoms with E-state index in [9.17, 15) is 8.78 Å². The highest BCUT2D eigenvalue weighted by Crippen LogP contribution is 2.27. The first kappa shape index (κ1) is 12.6. The molecule has 1 aromatic carbocycles. The van der Waals surface area contributed by atoms with Gasteiger partial charge >= 0.3 is 0 Å². The van der Waals surface area contributed by atoms with E-state index in [0.29, 0.717) is 0 Å². The van der Waals surface area contributed by atoms with Crippen molar-refractivity contribution >= 4 is 5.69 Å². The number of furan rings is 1. The van der Waals surface area contributed by atoms with E-state index in [1.54, 1.807) is 0 Å². The van der Waals surface area contributed by atoms with Crippen LogP contribution in [-0.2, 0) is 0 Å². The smallest absolute Gasteiger partial charge is 0.149 e. The Labute approximate surface area is 105 Å². The second-order valence-corrected chi connectivity index (χ2v) is 4.33. The number of halogens is 2. The van der Waals surface area contributed by atoms with Crippen LogP contribution in [0.15, 0.2) is 28.7 Å². The molecule has 0 aliphatic rings. The highest BCUT2D eigenvalue weighted by atomic mass is 19.1. The minimum Gasteiger partial charge on any atom is -0.466 e. The van der Waals surface area contributed by atoms with Crippen molar-refractivity contribution in [2.24, 2.45) is 0 Å². The van der Waals surface area contributed by atoms with Crippen molar-refractivity contribution in [3.05, 3.63) is 53.0 Å². The molecule has 0 saturated carbocycles. The van der Waals surface area contributed by atoms with Gasteiger partial charge in [0.15, 0.2) is 0 Å². The van der Waals surface area contributed by atoms with Crippen molar-refractivity contribution in [1.82, 2.24) is 0 Å². The van der Waals surface area contributed by atoms with Crippen LogP contribution >= 0.6 is 0 Å². The lowest BCUT2D eigenvalue weighted by Gasteiger charge is -2.15. The summed E-state index contributed by atoms with van der Waals surface area (Å²) in [6.07, 6.45) is 0. The van der Waals surface area contributed by atoms with Crippen LogP contribution in [0.2, 0.25) is 0 Å². The normalized spacial score (nSPS) is 12.5. The number of nitrogens with one attached hydrogen (secondary N) is 1. The molecule has 0 saturated heterocycles. The van der Waals surface area contributed by atoms with Gasteiger partial charge in [-0.2, -0.15) is 0 Å². The van der Waals surface area contributed by atoms with E-state index in [-0.39, 0.29) is 11.7 Å². The Morgan fingerprint density at radius 3 is 2.28 bits per heavy atom. The summed E-state index contributed by atoms with van der Waals surface area (Å²) in [5, 5.41) is 2.84. The molecule has 0 aliphatic heterocycles. The molecule has 1 aromatic heterocycles. The summed E-state index contributed by atoms with van der Waals surface area (Å²) in [5.41, 5.74) is 0.790. The maximum absolute atomic E-state index is 13.5. The number of anilines is 1. The van der Waals surface area contributed by atoms with Crippen LogP contribution in [0, 0.1) is 25.5 Å². The van der Waals surface area contributed by atoms with Crippen LogP contribution in [0.4, 0.5) is 14.5 Å². The Morgan fingerprint density at radius 1 is 1.17 bits per heavy atom. The predicted octanol–water partition coefficient (Wildman–Crippen LogP) is 4.35. The first-order valence-corrected chi connectivity index (χ1v) is 5.76. The van der Waals surface area contributed by atoms with Crippen molar-refractivity contribution in [3.63, 3.8) is 0 Å². The molecule has 2 nitrogen and oxygen atoms in total. The third-order valence-electron chi connectivity index (χ3n) is 2.87. The first-order valence-electron chi connectivity index (χ1n) is 5.76. The first-order chi connectivity index (χ1) is 8.49. The third-order valence-corrected chi connectivity index (χ3v) is 2.87. The number of hydrogen-bond donors (Lipinski definition) is 1. The van der Waals surface area contributed by atoms with Gasteiger partial charge in [-0.25, -0.2) is 8.78 Å². The standard InChI is InChI=1S/C14H15F2NO/c1-8-7-11(10(3)18-8)9(2)17-14-12(15)5-4-6-13(14)16/h4-7,9,17H,1-3H3. The monoisotopic (exact) mass is 251 g/mol. The summed E-state index contributed by atoms with van der Waals surface area (Å²) < 4.78 is 32.4. The molecule has 2 aromatic rings. The predicted molar refractivity (Wildman–Crippen MR) is 66.6 cm³/mol. The molecule has 2 rings (SSSR count). The van der Waals surface area contributed by atoms with Crippen LogP contribution < -0.4 is 5.32 Å². The molecule has 0 amide bonds. The summed E-state index contributed by atoms with van der Waals surface area (Å²) in [4.78, 5) is 0. The molecule has 1 unspecified atom stereocenters. The van der Waals surface area contributed by atoms with E-state index in [2.05, 4.69) is 5.32 Å². The molecule has 1 atom stereocenters. The molecular formula is C14H15F2NO. The van der Waals surface area contributed by atoms with Gasteiger partial charge in [0.2, 0.25) is 0 Å². The van der Waals surface area contributed by atoms with Gasteiger partial charge in [-0.15, -0.1) is 0 Å². The van der Waals surface area contributed by atoms with Crippen molar-refractivity contribution < 1.29 is 13.2 Å². The topological polar surface area (TPSA) is 25.2 Å². The average molecular weight is 251 g/mol. The lowest BCUT2D eigenvalue weighted by atomic mass is 10.1. The summed E-state index contributed by atoms with van der Waals surface area (Å²) in [5.74, 6) is 0.342. The molecule has 0 radical (unpaired) electrons. The van der Waals surface area contributed by atoms with E-state index < -0.39 is 11.6 Å². The van der Waals surface area contributed by atoms with E-state index in [1.807, 2.05) is 26.8 Å². The van der Waals surface area contributed by atoms with Gasteiger partial charge in [0.05, 0.1) is 6.04 Å². The number of para-hydroxylation sites is 1. The van der Waals surface area contributed by atoms with E-state index >= 15 is 0 Å². The van der Waals surface area contributed by atoms with E-state index in [0.717, 1.165) is 17.1 Å². The number of aryl methyl sites for hydroxylation is 2. The van der Waals surface area contributed by atoms with Gasteiger partial charge in [-0.05, 0) is 39.0 Å². The zero-order chi connectivity index (χ0) is 13.3. The Balaban J connectivity index is 2.26. The zero-order valence-electron chi connectivity index (χ0n) is 10.6. The lowest BCUT2D eigenvalue weighted by Crippen LogP contribution is -2.09. The largest absolute Gasteiger partial charge is 0.466 e. The molecule has 1 N–H and O–H groups in total. The molecule has 4 heteroatoms. The van der Waals surface area contributed by atoms with Gasteiger partial charge in [-0.3, -0.25) is 0 Å². The maximum atomic E-state index is 13.5. The molecule has 1 heterocycles. The number of rotatable bonds is 3. The van der Waals surface area contributed by atoms with Crippen LogP contribution in [-0.4, -0.2) is 0 Å². The van der Waals surface area contributed by atoms with Gasteiger partial charge in [0.1, 0.15) is 28.8 Å². The molecule has 18 heavy (non-hydrogen) atoms. The van der Waals surface area contributed by atoms with E-state index in [1.165, 1.54) is 18.2 Å². The van der Waals surface area contributed by atoms with Gasteiger partial charge in [0.25, 0.3) is 0 Å². The van der Waals surface area contributed by atoms with Crippen LogP contribution in [0.1, 0.15) is 30.0 Å². The second kappa shape index (κ2) is 4.80. The van der Waals surface area contributed by atoms with Crippen molar-refractivity contribution in [2.45, 2.75) is 26.8 Å². The van der Waals surface area contributed by atoms with E-state index in [4.69, 9.17) is 4.42 Å². The molecule has 96 valence electrons. The summed E-state index contributed by atoms with van der Waals surface area (Å²) in [7, 11) is 0. The SMILES string of the molecule is Cc1cc(C(C)Nc2c(F)cccc2F)c(C)o1. The summed E-state index contributed by atoms with van der Waals surface area (Å²) >= 11 is 0. The van der Waals surface area contributed by atoms with Crippen molar-refractivity contribution in [3.8, 4) is 0 Å².